The smallest absolute Gasteiger partial charge is 0.224 e. The van der Waals surface area contributed by atoms with E-state index in [4.69, 9.17) is 10.00 Å². The van der Waals surface area contributed by atoms with Crippen molar-refractivity contribution < 1.29 is 9.53 Å². The van der Waals surface area contributed by atoms with Gasteiger partial charge in [-0.25, -0.2) is 0 Å². The highest BCUT2D eigenvalue weighted by atomic mass is 16.5. The Kier molecular flexibility index (Phi) is 6.23. The highest BCUT2D eigenvalue weighted by molar-refractivity contribution is 5.92. The molecular weight excluding hydrogens is 264 g/mol. The van der Waals surface area contributed by atoms with Crippen molar-refractivity contribution in [2.75, 3.05) is 11.9 Å². The van der Waals surface area contributed by atoms with Crippen LogP contribution in [0.25, 0.3) is 0 Å². The van der Waals surface area contributed by atoms with Gasteiger partial charge in [0, 0.05) is 13.0 Å². The van der Waals surface area contributed by atoms with Crippen molar-refractivity contribution in [3.05, 3.63) is 29.8 Å². The van der Waals surface area contributed by atoms with Crippen LogP contribution in [0.2, 0.25) is 0 Å². The van der Waals surface area contributed by atoms with Crippen LogP contribution in [0.15, 0.2) is 24.3 Å². The Balaban J connectivity index is 1.66. The molecule has 0 saturated heterocycles. The third-order valence-electron chi connectivity index (χ3n) is 3.78. The van der Waals surface area contributed by atoms with Crippen molar-refractivity contribution in [1.29, 1.82) is 5.26 Å². The van der Waals surface area contributed by atoms with E-state index in [2.05, 4.69) is 11.4 Å². The summed E-state index contributed by atoms with van der Waals surface area (Å²) in [5, 5.41) is 11.8. The second kappa shape index (κ2) is 8.43. The van der Waals surface area contributed by atoms with Gasteiger partial charge in [0.15, 0.2) is 0 Å². The molecule has 112 valence electrons. The zero-order valence-electron chi connectivity index (χ0n) is 12.3. The SMILES string of the molecule is N#Cc1ccccc1NC(=O)CCCOC1CCCCC1. The Morgan fingerprint density at radius 2 is 2.05 bits per heavy atom. The first kappa shape index (κ1) is 15.5. The molecule has 1 aliphatic carbocycles. The van der Waals surface area contributed by atoms with Gasteiger partial charge in [0.2, 0.25) is 5.91 Å². The van der Waals surface area contributed by atoms with Crippen LogP contribution in [-0.2, 0) is 9.53 Å². The summed E-state index contributed by atoms with van der Waals surface area (Å²) >= 11 is 0. The molecule has 1 N–H and O–H groups in total. The molecule has 0 spiro atoms. The third-order valence-corrected chi connectivity index (χ3v) is 3.78. The molecule has 0 atom stereocenters. The number of hydrogen-bond acceptors (Lipinski definition) is 3. The van der Waals surface area contributed by atoms with E-state index in [9.17, 15) is 4.79 Å². The second-order valence-corrected chi connectivity index (χ2v) is 5.44. The summed E-state index contributed by atoms with van der Waals surface area (Å²) in [7, 11) is 0. The summed E-state index contributed by atoms with van der Waals surface area (Å²) in [5.74, 6) is -0.0649. The maximum Gasteiger partial charge on any atom is 0.224 e. The summed E-state index contributed by atoms with van der Waals surface area (Å²) in [6.45, 7) is 0.637. The first-order chi connectivity index (χ1) is 10.3. The number of hydrogen-bond donors (Lipinski definition) is 1. The predicted octanol–water partition coefficient (Wildman–Crippen LogP) is 3.63. The quantitative estimate of drug-likeness (QED) is 0.812. The van der Waals surface area contributed by atoms with Crippen LogP contribution in [0.1, 0.15) is 50.5 Å². The fourth-order valence-electron chi connectivity index (χ4n) is 2.62. The Morgan fingerprint density at radius 3 is 2.81 bits per heavy atom. The lowest BCUT2D eigenvalue weighted by Gasteiger charge is -2.21. The highest BCUT2D eigenvalue weighted by Crippen LogP contribution is 2.20. The molecule has 4 heteroatoms. The molecule has 1 aromatic rings. The molecule has 0 aromatic heterocycles. The Morgan fingerprint density at radius 1 is 1.29 bits per heavy atom. The van der Waals surface area contributed by atoms with Crippen LogP contribution in [0, 0.1) is 11.3 Å². The summed E-state index contributed by atoms with van der Waals surface area (Å²) < 4.78 is 5.80. The number of ether oxygens (including phenoxy) is 1. The molecule has 1 fully saturated rings. The molecule has 0 radical (unpaired) electrons. The molecule has 0 aliphatic heterocycles. The number of amides is 1. The van der Waals surface area contributed by atoms with Gasteiger partial charge < -0.3 is 10.1 Å². The van der Waals surface area contributed by atoms with Gasteiger partial charge in [0.05, 0.1) is 17.4 Å². The minimum absolute atomic E-state index is 0.0649. The fraction of sp³-hybridized carbons (Fsp3) is 0.529. The molecule has 1 aromatic carbocycles. The van der Waals surface area contributed by atoms with E-state index in [-0.39, 0.29) is 5.91 Å². The first-order valence-corrected chi connectivity index (χ1v) is 7.70. The summed E-state index contributed by atoms with van der Waals surface area (Å²) in [4.78, 5) is 11.9. The molecule has 21 heavy (non-hydrogen) atoms. The fourth-order valence-corrected chi connectivity index (χ4v) is 2.62. The minimum Gasteiger partial charge on any atom is -0.378 e. The monoisotopic (exact) mass is 286 g/mol. The van der Waals surface area contributed by atoms with Gasteiger partial charge in [0.1, 0.15) is 6.07 Å². The van der Waals surface area contributed by atoms with Gasteiger partial charge in [-0.3, -0.25) is 4.79 Å². The summed E-state index contributed by atoms with van der Waals surface area (Å²) in [5.41, 5.74) is 1.07. The van der Waals surface area contributed by atoms with Crippen LogP contribution in [-0.4, -0.2) is 18.6 Å². The predicted molar refractivity (Wildman–Crippen MR) is 81.8 cm³/mol. The van der Waals surface area contributed by atoms with Crippen molar-refractivity contribution in [2.24, 2.45) is 0 Å². The van der Waals surface area contributed by atoms with E-state index in [1.54, 1.807) is 18.2 Å². The molecule has 1 aliphatic rings. The van der Waals surface area contributed by atoms with E-state index in [0.29, 0.717) is 30.4 Å². The Bertz CT molecular complexity index is 502. The molecule has 0 heterocycles. The van der Waals surface area contributed by atoms with Crippen molar-refractivity contribution in [1.82, 2.24) is 0 Å². The van der Waals surface area contributed by atoms with E-state index >= 15 is 0 Å². The van der Waals surface area contributed by atoms with Crippen molar-refractivity contribution in [3.63, 3.8) is 0 Å². The number of nitrogens with one attached hydrogen (secondary N) is 1. The largest absolute Gasteiger partial charge is 0.378 e. The zero-order chi connectivity index (χ0) is 14.9. The molecule has 0 bridgehead atoms. The van der Waals surface area contributed by atoms with Crippen LogP contribution < -0.4 is 5.32 Å². The molecule has 1 saturated carbocycles. The lowest BCUT2D eigenvalue weighted by molar-refractivity contribution is -0.116. The van der Waals surface area contributed by atoms with Crippen LogP contribution in [0.5, 0.6) is 0 Å². The van der Waals surface area contributed by atoms with Gasteiger partial charge in [0.25, 0.3) is 0 Å². The van der Waals surface area contributed by atoms with Gasteiger partial charge in [-0.15, -0.1) is 0 Å². The molecule has 4 nitrogen and oxygen atoms in total. The van der Waals surface area contributed by atoms with E-state index in [0.717, 1.165) is 19.3 Å². The topological polar surface area (TPSA) is 62.1 Å². The highest BCUT2D eigenvalue weighted by Gasteiger charge is 2.13. The molecule has 2 rings (SSSR count). The second-order valence-electron chi connectivity index (χ2n) is 5.44. The number of rotatable bonds is 6. The molecule has 0 unspecified atom stereocenters. The lowest BCUT2D eigenvalue weighted by Crippen LogP contribution is -2.18. The van der Waals surface area contributed by atoms with Gasteiger partial charge in [-0.05, 0) is 31.4 Å². The van der Waals surface area contributed by atoms with Crippen LogP contribution >= 0.6 is 0 Å². The number of nitriles is 1. The van der Waals surface area contributed by atoms with Gasteiger partial charge in [-0.1, -0.05) is 31.4 Å². The zero-order valence-corrected chi connectivity index (χ0v) is 12.3. The van der Waals surface area contributed by atoms with E-state index in [1.165, 1.54) is 19.3 Å². The molecule has 1 amide bonds. The first-order valence-electron chi connectivity index (χ1n) is 7.70. The van der Waals surface area contributed by atoms with Crippen molar-refractivity contribution >= 4 is 11.6 Å². The van der Waals surface area contributed by atoms with E-state index in [1.807, 2.05) is 6.07 Å². The normalized spacial score (nSPS) is 15.4. The number of anilines is 1. The number of para-hydroxylation sites is 1. The number of benzene rings is 1. The maximum atomic E-state index is 11.9. The van der Waals surface area contributed by atoms with E-state index < -0.39 is 0 Å². The Labute approximate surface area is 126 Å². The van der Waals surface area contributed by atoms with Crippen LogP contribution in [0.3, 0.4) is 0 Å². The standard InChI is InChI=1S/C17H22N2O2/c18-13-14-7-4-5-10-16(14)19-17(20)11-6-12-21-15-8-2-1-3-9-15/h4-5,7,10,15H,1-3,6,8-9,11-12H2,(H,19,20). The molecular formula is C17H22N2O2. The average Bonchev–Trinajstić information content (AvgIpc) is 2.53. The van der Waals surface area contributed by atoms with Gasteiger partial charge >= 0.3 is 0 Å². The Hall–Kier alpha value is -1.86. The van der Waals surface area contributed by atoms with Crippen molar-refractivity contribution in [3.8, 4) is 6.07 Å². The number of carbonyl (C=O) groups excluding carboxylic acids is 1. The third kappa shape index (κ3) is 5.20. The van der Waals surface area contributed by atoms with Crippen molar-refractivity contribution in [2.45, 2.75) is 51.0 Å². The maximum absolute atomic E-state index is 11.9. The lowest BCUT2D eigenvalue weighted by atomic mass is 9.98. The average molecular weight is 286 g/mol. The minimum atomic E-state index is -0.0649. The summed E-state index contributed by atoms with van der Waals surface area (Å²) in [6.07, 6.45) is 7.68. The number of nitrogens with zero attached hydrogens (tertiary/aromatic N) is 1. The van der Waals surface area contributed by atoms with Gasteiger partial charge in [-0.2, -0.15) is 5.26 Å². The summed E-state index contributed by atoms with van der Waals surface area (Å²) in [6, 6.07) is 9.11. The number of carbonyl (C=O) groups is 1. The van der Waals surface area contributed by atoms with Crippen LogP contribution in [0.4, 0.5) is 5.69 Å².